The van der Waals surface area contributed by atoms with Crippen LogP contribution in [-0.4, -0.2) is 227 Å². The number of aliphatic hydroxyl groups is 5. The molecule has 5 aromatic rings. The number of anilines is 2. The first-order valence-electron chi connectivity index (χ1n) is 34.3. The molecule has 8 rings (SSSR count). The van der Waals surface area contributed by atoms with Crippen LogP contribution in [0.1, 0.15) is 140 Å². The van der Waals surface area contributed by atoms with E-state index in [1.54, 1.807) is 123 Å². The van der Waals surface area contributed by atoms with Crippen LogP contribution in [0.4, 0.5) is 17.3 Å². The molecule has 0 bridgehead atoms. The molecule has 3 fully saturated rings. The van der Waals surface area contributed by atoms with Crippen LogP contribution in [-0.2, 0) is 65.1 Å². The topological polar surface area (TPSA) is 493 Å². The second-order valence-corrected chi connectivity index (χ2v) is 37.4. The quantitative estimate of drug-likeness (QED) is 0.00789. The number of aliphatic hydroxyl groups excluding tert-OH is 5. The Bertz CT molecular complexity index is 3920. The molecule has 0 amide bonds. The van der Waals surface area contributed by atoms with Gasteiger partial charge in [-0.1, -0.05) is 140 Å². The van der Waals surface area contributed by atoms with E-state index in [0.29, 0.717) is 23.0 Å². The van der Waals surface area contributed by atoms with Crippen LogP contribution in [0.15, 0.2) is 61.2 Å². The van der Waals surface area contributed by atoms with Gasteiger partial charge in [-0.25, -0.2) is 28.1 Å². The summed E-state index contributed by atoms with van der Waals surface area (Å²) < 4.78 is 86.3. The van der Waals surface area contributed by atoms with Crippen molar-refractivity contribution in [2.45, 2.75) is 171 Å². The number of nitriles is 2. The molecule has 44 heteroatoms. The number of thioether (sulfide) groups is 4. The van der Waals surface area contributed by atoms with Crippen LogP contribution in [0.3, 0.4) is 0 Å². The van der Waals surface area contributed by atoms with Gasteiger partial charge in [-0.15, -0.1) is 0 Å². The number of nitrogen functional groups attached to an aromatic ring is 2. The van der Waals surface area contributed by atoms with Crippen molar-refractivity contribution in [3.8, 4) is 17.9 Å². The fourth-order valence-electron chi connectivity index (χ4n) is 8.98. The van der Waals surface area contributed by atoms with Gasteiger partial charge in [0.25, 0.3) is 5.69 Å². The van der Waals surface area contributed by atoms with E-state index in [0.717, 1.165) is 53.7 Å². The molecule has 34 nitrogen and oxygen atoms in total. The van der Waals surface area contributed by atoms with Crippen molar-refractivity contribution in [3.63, 3.8) is 0 Å². The average molecular weight is 1740 g/mol. The number of phosphoric acid groups is 2. The van der Waals surface area contributed by atoms with Crippen LogP contribution >= 0.6 is 81.9 Å². The number of aromatic nitrogens is 6. The first kappa shape index (κ1) is 103. The number of non-ortho nitro benzene ring substituents is 1. The minimum atomic E-state index is -4.42. The van der Waals surface area contributed by atoms with E-state index in [1.807, 2.05) is 17.8 Å². The number of fused-ring (bicyclic) bond motifs is 2. The van der Waals surface area contributed by atoms with Crippen LogP contribution in [0.5, 0.6) is 5.75 Å². The van der Waals surface area contributed by atoms with E-state index in [-0.39, 0.29) is 134 Å². The number of ether oxygens (including phenoxy) is 3. The predicted octanol–water partition coefficient (Wildman–Crippen LogP) is 6.37. The average Bonchev–Trinajstić information content (AvgIpc) is 1.59. The Morgan fingerprint density at radius 3 is 1.33 bits per heavy atom. The third kappa shape index (κ3) is 31.8. The third-order valence-electron chi connectivity index (χ3n) is 14.9. The van der Waals surface area contributed by atoms with Gasteiger partial charge in [0.15, 0.2) is 32.1 Å². The molecule has 0 aliphatic carbocycles. The number of nitro benzene ring substituents is 1. The molecule has 3 saturated heterocycles. The van der Waals surface area contributed by atoms with Crippen molar-refractivity contribution in [1.82, 2.24) is 33.9 Å². The van der Waals surface area contributed by atoms with Crippen molar-refractivity contribution in [1.29, 1.82) is 11.8 Å². The van der Waals surface area contributed by atoms with Gasteiger partial charge in [-0.3, -0.25) is 56.6 Å². The van der Waals surface area contributed by atoms with Crippen LogP contribution in [0, 0.1) is 60.4 Å². The molecule has 4 aromatic heterocycles. The number of carbonyl (C=O) groups is 4. The number of nitrogens with zero attached hydrogens (tertiary/aromatic N) is 10. The molecule has 11 atom stereocenters. The van der Waals surface area contributed by atoms with Gasteiger partial charge in [0.2, 0.25) is 11.2 Å². The van der Waals surface area contributed by atoms with Crippen molar-refractivity contribution >= 4 is 154 Å². The summed E-state index contributed by atoms with van der Waals surface area (Å²) in [6.07, 6.45) is -3.38. The molecule has 618 valence electrons. The Hall–Kier alpha value is -3.86. The Morgan fingerprint density at radius 1 is 0.685 bits per heavy atom. The maximum absolute atomic E-state index is 13.6. The normalized spacial score (nSPS) is 21.1. The number of rotatable bonds is 26. The van der Waals surface area contributed by atoms with Gasteiger partial charge in [-0.05, 0) is 56.3 Å². The van der Waals surface area contributed by atoms with Gasteiger partial charge in [-0.2, -0.15) is 51.3 Å². The van der Waals surface area contributed by atoms with Crippen molar-refractivity contribution < 1.29 is 113 Å². The number of benzene rings is 1. The van der Waals surface area contributed by atoms with E-state index in [2.05, 4.69) is 50.3 Å². The molecule has 3 aliphatic heterocycles. The molecule has 111 heavy (non-hydrogen) atoms. The number of hydrogen-bond acceptors (Lipinski definition) is 35. The first-order chi connectivity index (χ1) is 51.2. The van der Waals surface area contributed by atoms with Crippen molar-refractivity contribution in [3.05, 3.63) is 88.6 Å². The molecule has 0 saturated carbocycles. The molecule has 3 unspecified atom stereocenters. The summed E-state index contributed by atoms with van der Waals surface area (Å²) in [4.78, 5) is 66.5. The van der Waals surface area contributed by atoms with Crippen molar-refractivity contribution in [2.24, 2.45) is 21.7 Å². The number of nitrogens with two attached hydrogens (primary N) is 2. The minimum Gasteiger partial charge on any atom is -1.00 e. The smallest absolute Gasteiger partial charge is 1.00 e. The predicted molar refractivity (Wildman–Crippen MR) is 430 cm³/mol. The maximum Gasteiger partial charge on any atom is 2.00 e. The van der Waals surface area contributed by atoms with Gasteiger partial charge in [0, 0.05) is 63.4 Å². The molecule has 0 spiro atoms. The first-order valence-corrected chi connectivity index (χ1v) is 41.1. The maximum atomic E-state index is 13.6. The number of carbonyl (C=O) groups excluding carboxylic acids is 4. The fourth-order valence-corrected chi connectivity index (χ4v) is 15.2. The van der Waals surface area contributed by atoms with Gasteiger partial charge in [0.1, 0.15) is 91.0 Å². The molecule has 1 aromatic carbocycles. The summed E-state index contributed by atoms with van der Waals surface area (Å²) in [5.74, 6) is 2.66. The molecular weight excluding hydrogens is 1640 g/mol. The van der Waals surface area contributed by atoms with Gasteiger partial charge in [0.05, 0.1) is 50.6 Å². The number of nitro groups is 1. The van der Waals surface area contributed by atoms with E-state index >= 15 is 0 Å². The summed E-state index contributed by atoms with van der Waals surface area (Å²) in [6.45, 7) is 26.5. The Kier molecular flexibility index (Phi) is 43.6. The standard InChI is InChI=1S/C26H38N5O9PS2.C20H30NO8PS2.C12H13N5O4.C5H12NOP.C4H9.ClH.Mg.H3P/c1-24(2,3)22(34)42-11-9-37-41(36,38-10-12-43-23(35)25(4,5)6)39-14-26(13-27)20(33)18(32)19(40-26)16-7-8-17-21(28)29-15-30-31(16)17;1-19(2,3)17(22)31-13-11-27-30(26,28-12-14-32-18(23)20(4,5)6)29-16-9-7-15(8-10-16)21(24)25;13-3-12(4-18)10(20)8(19)9(21-12)6-1-2-7-11(14)15-5-16-17(6)7;1-6(8)5-3-2-4-7-5;1-4(2)3;;;/h7-8,15,18-20,32-33H,9-12,14H2,1-6H3,(H2,28,29,30);7-10H,11-14H2,1-6H3;1-2,5,8-10,18-20H,4H2,(H2,14,15,16);5H,2-4,8H2,1H3;1-3H3;1H;;1H3/q;;;;-1;;+2;/p-1/t18-,19-,20-,26+;;8-,9-,10-,12+;;;;;/m0.0...../s1/i;;;;;;;1D. The van der Waals surface area contributed by atoms with Crippen LogP contribution in [0.2, 0.25) is 0 Å². The molecule has 7 heterocycles. The van der Waals surface area contributed by atoms with Gasteiger partial charge < -0.3 is 74.1 Å². The SMILES string of the molecule is CC(C)(C)C(=O)SCCOP(=O)(OCCSC(=O)C(C)(C)C)OC[C@@]1(C#N)O[C@@H](c2ccc3c(N)ncnn23)[C@H](O)[C@@H]1O.CC(C)(C)C(=O)SCCOP(=O)(OCCSC(=O)C(C)(C)C)Oc1ccc([N+](=O)[O-])cc1.CN(P)C1CCCO1.C[C-](C)C.N#C[C@]1(CO)O[C@@H](c2ccc3c(N)ncnn23)[C@H](O)[C@@H]1O.[2H]P.[Cl-].[Mg+2]. The molecule has 0 radical (unpaired) electrons. The van der Waals surface area contributed by atoms with Gasteiger partial charge >= 0.3 is 38.7 Å². The van der Waals surface area contributed by atoms with Crippen molar-refractivity contribution in [2.75, 3.05) is 87.8 Å². The Labute approximate surface area is 693 Å². The van der Waals surface area contributed by atoms with E-state index in [4.69, 9.17) is 59.4 Å². The fraction of sp³-hybridized carbons (Fsp3) is 0.627. The zero-order chi connectivity index (χ0) is 83.6. The number of phosphoric ester groups is 2. The summed E-state index contributed by atoms with van der Waals surface area (Å²) in [5, 5.41) is 89.0. The molecule has 3 aliphatic rings. The second kappa shape index (κ2) is 46.9. The Morgan fingerprint density at radius 2 is 1.04 bits per heavy atom. The summed E-state index contributed by atoms with van der Waals surface area (Å²) >= 11 is 4.08. The summed E-state index contributed by atoms with van der Waals surface area (Å²) in [7, 11) is -2.22. The Balaban J connectivity index is 0.000000794. The second-order valence-electron chi connectivity index (χ2n) is 29.0. The summed E-state index contributed by atoms with van der Waals surface area (Å²) in [6, 6.07) is 14.9. The van der Waals surface area contributed by atoms with Crippen LogP contribution < -0.4 is 28.4 Å². The molecular formula is C67H105ClMgN12O22P4S4. The third-order valence-corrected chi connectivity index (χ3v) is 23.1. The van der Waals surface area contributed by atoms with Crippen LogP contribution in [0.25, 0.3) is 11.0 Å². The molecule has 9 N–H and O–H groups in total. The summed E-state index contributed by atoms with van der Waals surface area (Å²) in [5.41, 5.74) is 6.81. The largest absolute Gasteiger partial charge is 2.00 e. The monoisotopic (exact) mass is 1740 g/mol. The van der Waals surface area contributed by atoms with E-state index < -0.39 is 103 Å². The van der Waals surface area contributed by atoms with E-state index in [1.165, 1.54) is 64.7 Å². The minimum absolute atomic E-state index is 0. The number of hydrogen-bond donors (Lipinski definition) is 7. The zero-order valence-corrected chi connectivity index (χ0v) is 74.6. The number of halogens is 1. The van der Waals surface area contributed by atoms with E-state index in [9.17, 15) is 69.2 Å². The zero-order valence-electron chi connectivity index (χ0n) is 66.1.